The fourth-order valence-electron chi connectivity index (χ4n) is 1.99. The Morgan fingerprint density at radius 1 is 1.00 bits per heavy atom. The quantitative estimate of drug-likeness (QED) is 0.654. The number of Topliss-reactive ketones (excluding diaryl/α,β-unsaturated/α-hetero) is 1. The van der Waals surface area contributed by atoms with E-state index in [9.17, 15) is 4.79 Å². The molecule has 3 rings (SSSR count). The summed E-state index contributed by atoms with van der Waals surface area (Å²) in [6.45, 7) is 0. The highest BCUT2D eigenvalue weighted by molar-refractivity contribution is 7.85. The molecule has 0 heterocycles. The third kappa shape index (κ3) is 1.15. The first-order valence-electron chi connectivity index (χ1n) is 4.74. The van der Waals surface area contributed by atoms with E-state index in [2.05, 4.69) is 12.6 Å². The van der Waals surface area contributed by atoms with Crippen molar-refractivity contribution < 1.29 is 4.79 Å². The van der Waals surface area contributed by atoms with Gasteiger partial charge in [-0.1, -0.05) is 30.3 Å². The average molecular weight is 212 g/mol. The summed E-state index contributed by atoms with van der Waals surface area (Å²) in [5.74, 6) is 0.0204. The Labute approximate surface area is 93.2 Å². The molecule has 0 radical (unpaired) electrons. The summed E-state index contributed by atoms with van der Waals surface area (Å²) in [5, 5.41) is 0. The van der Waals surface area contributed by atoms with Gasteiger partial charge in [0.15, 0.2) is 5.78 Å². The van der Waals surface area contributed by atoms with Crippen LogP contribution in [-0.4, -0.2) is 5.78 Å². The van der Waals surface area contributed by atoms with Crippen molar-refractivity contribution in [3.05, 3.63) is 58.0 Å². The molecule has 15 heavy (non-hydrogen) atoms. The summed E-state index contributed by atoms with van der Waals surface area (Å²) in [7, 11) is 0. The van der Waals surface area contributed by atoms with Crippen molar-refractivity contribution in [1.29, 1.82) is 0 Å². The number of fused-ring (bicyclic) bond motifs is 3. The van der Waals surface area contributed by atoms with Gasteiger partial charge >= 0.3 is 0 Å². The molecule has 1 aromatic rings. The standard InChI is InChI=1S/C13H8OS/c14-13-11-7-8-3-1-2-4-9(8)10(11)5-6-12(13)15/h1-7,15H. The number of carbonyl (C=O) groups excluding carboxylic acids is 1. The summed E-state index contributed by atoms with van der Waals surface area (Å²) < 4.78 is 0. The second-order valence-electron chi connectivity index (χ2n) is 3.61. The summed E-state index contributed by atoms with van der Waals surface area (Å²) in [6.07, 6.45) is 5.66. The molecule has 1 aromatic carbocycles. The summed E-state index contributed by atoms with van der Waals surface area (Å²) >= 11 is 4.14. The molecule has 0 bridgehead atoms. The number of allylic oxidation sites excluding steroid dienone is 5. The first-order valence-corrected chi connectivity index (χ1v) is 5.19. The number of hydrogen-bond donors (Lipinski definition) is 1. The maximum atomic E-state index is 11.8. The Morgan fingerprint density at radius 2 is 1.80 bits per heavy atom. The van der Waals surface area contributed by atoms with Crippen molar-refractivity contribution in [3.63, 3.8) is 0 Å². The van der Waals surface area contributed by atoms with E-state index in [1.165, 1.54) is 0 Å². The topological polar surface area (TPSA) is 17.1 Å². The van der Waals surface area contributed by atoms with Crippen molar-refractivity contribution in [1.82, 2.24) is 0 Å². The minimum Gasteiger partial charge on any atom is -0.288 e. The Bertz CT molecular complexity index is 562. The molecule has 0 aliphatic heterocycles. The Hall–Kier alpha value is -1.54. The Balaban J connectivity index is 2.26. The van der Waals surface area contributed by atoms with Crippen molar-refractivity contribution in [2.45, 2.75) is 0 Å². The molecule has 0 unspecified atom stereocenters. The van der Waals surface area contributed by atoms with Crippen LogP contribution < -0.4 is 0 Å². The lowest BCUT2D eigenvalue weighted by atomic mass is 9.96. The first kappa shape index (κ1) is 8.74. The normalized spacial score (nSPS) is 17.7. The van der Waals surface area contributed by atoms with E-state index >= 15 is 0 Å². The van der Waals surface area contributed by atoms with Crippen molar-refractivity contribution in [2.24, 2.45) is 0 Å². The lowest BCUT2D eigenvalue weighted by Crippen LogP contribution is -2.05. The predicted octanol–water partition coefficient (Wildman–Crippen LogP) is 2.86. The highest BCUT2D eigenvalue weighted by Crippen LogP contribution is 2.39. The van der Waals surface area contributed by atoms with Gasteiger partial charge in [0.05, 0.1) is 4.91 Å². The van der Waals surface area contributed by atoms with E-state index < -0.39 is 0 Å². The highest BCUT2D eigenvalue weighted by Gasteiger charge is 2.26. The Kier molecular flexibility index (Phi) is 1.73. The van der Waals surface area contributed by atoms with Crippen LogP contribution in [0.1, 0.15) is 11.1 Å². The minimum atomic E-state index is 0.0204. The van der Waals surface area contributed by atoms with Gasteiger partial charge in [-0.05, 0) is 28.9 Å². The van der Waals surface area contributed by atoms with Gasteiger partial charge in [-0.15, -0.1) is 12.6 Å². The van der Waals surface area contributed by atoms with E-state index in [4.69, 9.17) is 0 Å². The highest BCUT2D eigenvalue weighted by atomic mass is 32.1. The molecule has 1 nitrogen and oxygen atoms in total. The van der Waals surface area contributed by atoms with Crippen LogP contribution in [0.15, 0.2) is 46.9 Å². The molecule has 0 N–H and O–H groups in total. The molecule has 0 saturated carbocycles. The van der Waals surface area contributed by atoms with Gasteiger partial charge in [0, 0.05) is 5.57 Å². The van der Waals surface area contributed by atoms with Gasteiger partial charge in [0.2, 0.25) is 0 Å². The van der Waals surface area contributed by atoms with Gasteiger partial charge in [0.25, 0.3) is 0 Å². The molecule has 0 amide bonds. The van der Waals surface area contributed by atoms with Crippen LogP contribution in [0.3, 0.4) is 0 Å². The molecular weight excluding hydrogens is 204 g/mol. The molecule has 0 fully saturated rings. The van der Waals surface area contributed by atoms with Crippen LogP contribution in [0.2, 0.25) is 0 Å². The number of carbonyl (C=O) groups is 1. The van der Waals surface area contributed by atoms with Crippen LogP contribution >= 0.6 is 12.6 Å². The number of rotatable bonds is 0. The van der Waals surface area contributed by atoms with Gasteiger partial charge in [0.1, 0.15) is 0 Å². The van der Waals surface area contributed by atoms with Crippen molar-refractivity contribution in [2.75, 3.05) is 0 Å². The molecule has 0 saturated heterocycles. The predicted molar refractivity (Wildman–Crippen MR) is 64.5 cm³/mol. The summed E-state index contributed by atoms with van der Waals surface area (Å²) in [4.78, 5) is 12.3. The summed E-state index contributed by atoms with van der Waals surface area (Å²) in [6, 6.07) is 8.02. The smallest absolute Gasteiger partial charge is 0.199 e. The van der Waals surface area contributed by atoms with Crippen LogP contribution in [0.4, 0.5) is 0 Å². The van der Waals surface area contributed by atoms with Crippen LogP contribution in [-0.2, 0) is 4.79 Å². The van der Waals surface area contributed by atoms with Crippen molar-refractivity contribution >= 4 is 30.1 Å². The van der Waals surface area contributed by atoms with Crippen LogP contribution in [0.25, 0.3) is 11.6 Å². The van der Waals surface area contributed by atoms with Crippen molar-refractivity contribution in [3.8, 4) is 0 Å². The lowest BCUT2D eigenvalue weighted by molar-refractivity contribution is -0.111. The van der Waals surface area contributed by atoms with Gasteiger partial charge in [-0.2, -0.15) is 0 Å². The molecule has 2 aliphatic rings. The second kappa shape index (κ2) is 2.97. The molecule has 2 aliphatic carbocycles. The Morgan fingerprint density at radius 3 is 2.67 bits per heavy atom. The number of hydrogen-bond acceptors (Lipinski definition) is 2. The van der Waals surface area contributed by atoms with Gasteiger partial charge < -0.3 is 0 Å². The zero-order valence-electron chi connectivity index (χ0n) is 7.90. The summed E-state index contributed by atoms with van der Waals surface area (Å²) in [5.41, 5.74) is 4.04. The second-order valence-corrected chi connectivity index (χ2v) is 4.09. The lowest BCUT2D eigenvalue weighted by Gasteiger charge is -2.09. The van der Waals surface area contributed by atoms with Crippen LogP contribution in [0, 0.1) is 0 Å². The molecular formula is C13H8OS. The zero-order valence-corrected chi connectivity index (χ0v) is 8.79. The average Bonchev–Trinajstić information content (AvgIpc) is 2.63. The van der Waals surface area contributed by atoms with E-state index in [-0.39, 0.29) is 5.78 Å². The SMILES string of the molecule is O=C1C(S)=CC=C2C1=Cc1ccccc12. The third-order valence-corrected chi connectivity index (χ3v) is 3.08. The molecule has 0 aromatic heterocycles. The first-order chi connectivity index (χ1) is 7.27. The largest absolute Gasteiger partial charge is 0.288 e. The molecule has 0 atom stereocenters. The maximum Gasteiger partial charge on any atom is 0.199 e. The minimum absolute atomic E-state index is 0.0204. The number of ketones is 1. The van der Waals surface area contributed by atoms with E-state index in [0.29, 0.717) is 4.91 Å². The van der Waals surface area contributed by atoms with Gasteiger partial charge in [-0.3, -0.25) is 4.79 Å². The van der Waals surface area contributed by atoms with Gasteiger partial charge in [-0.25, -0.2) is 0 Å². The number of thiol groups is 1. The fourth-order valence-corrected chi connectivity index (χ4v) is 2.18. The van der Waals surface area contributed by atoms with E-state index in [1.807, 2.05) is 36.4 Å². The third-order valence-electron chi connectivity index (χ3n) is 2.73. The maximum absolute atomic E-state index is 11.8. The monoisotopic (exact) mass is 212 g/mol. The van der Waals surface area contributed by atoms with Crippen LogP contribution in [0.5, 0.6) is 0 Å². The number of benzene rings is 1. The molecule has 2 heteroatoms. The zero-order chi connectivity index (χ0) is 10.4. The van der Waals surface area contributed by atoms with E-state index in [0.717, 1.165) is 22.3 Å². The van der Waals surface area contributed by atoms with E-state index in [1.54, 1.807) is 6.08 Å². The fraction of sp³-hybridized carbons (Fsp3) is 0. The molecule has 72 valence electrons. The molecule has 0 spiro atoms.